The maximum Gasteiger partial charge on any atom is 0.327 e. The Kier molecular flexibility index (Phi) is 7.74. The number of amides is 1. The van der Waals surface area contributed by atoms with Gasteiger partial charge in [-0.1, -0.05) is 48.5 Å². The zero-order valence-electron chi connectivity index (χ0n) is 25.7. The molecule has 1 aliphatic heterocycles. The van der Waals surface area contributed by atoms with Gasteiger partial charge in [0, 0.05) is 17.0 Å². The SMILES string of the molecule is COc1ccc(C(=C2CC[C@H]3C(c4ccc(OC)cc4)(c4ccc(OC)cc4)OC(=O)[C@@]23C(N)=O)c2ccc(OC)cc2)cc1. The highest BCUT2D eigenvalue weighted by Gasteiger charge is 2.73. The van der Waals surface area contributed by atoms with Crippen molar-refractivity contribution in [3.63, 3.8) is 0 Å². The van der Waals surface area contributed by atoms with Gasteiger partial charge in [0.1, 0.15) is 23.0 Å². The van der Waals surface area contributed by atoms with Crippen molar-refractivity contribution in [2.45, 2.75) is 18.4 Å². The van der Waals surface area contributed by atoms with Gasteiger partial charge in [-0.2, -0.15) is 0 Å². The predicted octanol–water partition coefficient (Wildman–Crippen LogP) is 5.91. The van der Waals surface area contributed by atoms with Gasteiger partial charge in [0.2, 0.25) is 5.91 Å². The fourth-order valence-corrected chi connectivity index (χ4v) is 7.12. The van der Waals surface area contributed by atoms with Gasteiger partial charge in [0.25, 0.3) is 0 Å². The minimum absolute atomic E-state index is 0.449. The lowest BCUT2D eigenvalue weighted by molar-refractivity contribution is -0.153. The Morgan fingerprint density at radius 3 is 1.40 bits per heavy atom. The highest BCUT2D eigenvalue weighted by molar-refractivity contribution is 6.11. The normalized spacial score (nSPS) is 19.8. The summed E-state index contributed by atoms with van der Waals surface area (Å²) in [7, 11) is 6.40. The van der Waals surface area contributed by atoms with Crippen molar-refractivity contribution < 1.29 is 33.3 Å². The average molecular weight is 606 g/mol. The summed E-state index contributed by atoms with van der Waals surface area (Å²) in [6, 6.07) is 29.9. The zero-order chi connectivity index (χ0) is 31.8. The average Bonchev–Trinajstić information content (AvgIpc) is 3.61. The number of carbonyl (C=O) groups excluding carboxylic acids is 2. The molecule has 0 unspecified atom stereocenters. The lowest BCUT2D eigenvalue weighted by Gasteiger charge is -2.35. The van der Waals surface area contributed by atoms with Crippen molar-refractivity contribution in [3.05, 3.63) is 125 Å². The molecule has 1 aliphatic carbocycles. The number of esters is 1. The quantitative estimate of drug-likeness (QED) is 0.187. The summed E-state index contributed by atoms with van der Waals surface area (Å²) in [6.07, 6.45) is 0.919. The largest absolute Gasteiger partial charge is 0.497 e. The van der Waals surface area contributed by atoms with Crippen LogP contribution in [0.15, 0.2) is 103 Å². The zero-order valence-corrected chi connectivity index (χ0v) is 25.7. The van der Waals surface area contributed by atoms with Crippen LogP contribution >= 0.6 is 0 Å². The second-order valence-corrected chi connectivity index (χ2v) is 11.2. The van der Waals surface area contributed by atoms with E-state index >= 15 is 0 Å². The maximum atomic E-state index is 14.6. The molecular weight excluding hydrogens is 570 g/mol. The molecule has 6 rings (SSSR count). The summed E-state index contributed by atoms with van der Waals surface area (Å²) >= 11 is 0. The van der Waals surface area contributed by atoms with Crippen LogP contribution in [0.3, 0.4) is 0 Å². The van der Waals surface area contributed by atoms with Gasteiger partial charge >= 0.3 is 5.97 Å². The number of benzene rings is 4. The van der Waals surface area contributed by atoms with Crippen LogP contribution in [0, 0.1) is 11.3 Å². The summed E-state index contributed by atoms with van der Waals surface area (Å²) in [4.78, 5) is 28.5. The minimum Gasteiger partial charge on any atom is -0.497 e. The van der Waals surface area contributed by atoms with Crippen LogP contribution in [-0.4, -0.2) is 40.3 Å². The summed E-state index contributed by atoms with van der Waals surface area (Å²) in [5.41, 5.74) is 7.74. The monoisotopic (exact) mass is 605 g/mol. The highest BCUT2D eigenvalue weighted by Crippen LogP contribution is 2.65. The molecule has 1 amide bonds. The van der Waals surface area contributed by atoms with Crippen molar-refractivity contribution in [2.24, 2.45) is 17.1 Å². The van der Waals surface area contributed by atoms with Gasteiger partial charge in [-0.3, -0.25) is 9.59 Å². The Balaban J connectivity index is 1.64. The molecule has 2 fully saturated rings. The Morgan fingerprint density at radius 2 is 1.04 bits per heavy atom. The van der Waals surface area contributed by atoms with E-state index in [1.165, 1.54) is 0 Å². The van der Waals surface area contributed by atoms with E-state index in [4.69, 9.17) is 29.4 Å². The summed E-state index contributed by atoms with van der Waals surface area (Å²) in [5.74, 6) is 0.630. The van der Waals surface area contributed by atoms with Crippen LogP contribution in [0.1, 0.15) is 35.1 Å². The van der Waals surface area contributed by atoms with E-state index in [9.17, 15) is 9.59 Å². The second-order valence-electron chi connectivity index (χ2n) is 11.2. The Hall–Kier alpha value is -5.24. The predicted molar refractivity (Wildman–Crippen MR) is 169 cm³/mol. The van der Waals surface area contributed by atoms with Gasteiger partial charge in [0.15, 0.2) is 11.0 Å². The molecule has 1 heterocycles. The summed E-state index contributed by atoms with van der Waals surface area (Å²) < 4.78 is 28.2. The molecule has 4 aromatic carbocycles. The topological polar surface area (TPSA) is 106 Å². The van der Waals surface area contributed by atoms with Crippen LogP contribution in [0.25, 0.3) is 5.57 Å². The van der Waals surface area contributed by atoms with E-state index in [1.54, 1.807) is 28.4 Å². The van der Waals surface area contributed by atoms with Crippen LogP contribution < -0.4 is 24.7 Å². The third-order valence-corrected chi connectivity index (χ3v) is 9.23. The number of fused-ring (bicyclic) bond motifs is 1. The van der Waals surface area contributed by atoms with Crippen LogP contribution in [0.5, 0.6) is 23.0 Å². The van der Waals surface area contributed by atoms with E-state index < -0.39 is 28.8 Å². The molecule has 0 radical (unpaired) electrons. The van der Waals surface area contributed by atoms with E-state index in [-0.39, 0.29) is 0 Å². The molecule has 230 valence electrons. The number of carbonyl (C=O) groups is 2. The molecule has 8 heteroatoms. The molecule has 1 saturated carbocycles. The van der Waals surface area contributed by atoms with Gasteiger partial charge in [-0.25, -0.2) is 0 Å². The highest BCUT2D eigenvalue weighted by atomic mass is 16.6. The first-order chi connectivity index (χ1) is 21.8. The number of cyclic esters (lactones) is 1. The molecule has 45 heavy (non-hydrogen) atoms. The summed E-state index contributed by atoms with van der Waals surface area (Å²) in [6.45, 7) is 0. The van der Waals surface area contributed by atoms with Crippen molar-refractivity contribution in [1.29, 1.82) is 0 Å². The lowest BCUT2D eigenvalue weighted by atomic mass is 9.64. The number of rotatable bonds is 9. The molecule has 2 aliphatic rings. The maximum absolute atomic E-state index is 14.6. The van der Waals surface area contributed by atoms with E-state index in [0.717, 1.165) is 16.7 Å². The molecule has 1 saturated heterocycles. The smallest absolute Gasteiger partial charge is 0.327 e. The van der Waals surface area contributed by atoms with Gasteiger partial charge < -0.3 is 29.4 Å². The number of primary amides is 1. The van der Waals surface area contributed by atoms with Gasteiger partial charge in [-0.05, 0) is 83.6 Å². The van der Waals surface area contributed by atoms with E-state index in [2.05, 4.69) is 0 Å². The Morgan fingerprint density at radius 1 is 0.667 bits per heavy atom. The molecule has 0 spiro atoms. The van der Waals surface area contributed by atoms with E-state index in [0.29, 0.717) is 52.5 Å². The van der Waals surface area contributed by atoms with Crippen LogP contribution in [0.4, 0.5) is 0 Å². The number of nitrogens with two attached hydrogens (primary N) is 1. The molecule has 0 aromatic heterocycles. The van der Waals surface area contributed by atoms with Crippen LogP contribution in [0.2, 0.25) is 0 Å². The Bertz CT molecular complexity index is 1650. The van der Waals surface area contributed by atoms with Crippen LogP contribution in [-0.2, 0) is 19.9 Å². The number of methoxy groups -OCH3 is 4. The van der Waals surface area contributed by atoms with Gasteiger partial charge in [-0.15, -0.1) is 0 Å². The Labute approximate surface area is 262 Å². The third kappa shape index (κ3) is 4.60. The van der Waals surface area contributed by atoms with Crippen molar-refractivity contribution in [2.75, 3.05) is 28.4 Å². The fraction of sp³-hybridized carbons (Fsp3) is 0.243. The summed E-state index contributed by atoms with van der Waals surface area (Å²) in [5, 5.41) is 0. The lowest BCUT2D eigenvalue weighted by Crippen LogP contribution is -2.46. The molecule has 4 aromatic rings. The van der Waals surface area contributed by atoms with Crippen molar-refractivity contribution in [3.8, 4) is 23.0 Å². The van der Waals surface area contributed by atoms with E-state index in [1.807, 2.05) is 97.1 Å². The van der Waals surface area contributed by atoms with Crippen molar-refractivity contribution >= 4 is 17.4 Å². The molecular formula is C37H35NO7. The third-order valence-electron chi connectivity index (χ3n) is 9.23. The number of ether oxygens (including phenoxy) is 5. The molecule has 2 atom stereocenters. The molecule has 2 N–H and O–H groups in total. The standard InChI is InChI=1S/C37H35NO7/c1-41-27-13-5-23(6-14-27)33(24-7-15-28(42-2)16-8-24)31-21-22-32-36(31,34(38)39)35(40)45-37(32,25-9-17-29(43-3)18-10-25)26-11-19-30(44-4)20-12-26/h5-20,32H,21-22H2,1-4H3,(H2,38,39)/t32-,36+/m1/s1. The first-order valence-electron chi connectivity index (χ1n) is 14.7. The number of hydrogen-bond acceptors (Lipinski definition) is 7. The van der Waals surface area contributed by atoms with Gasteiger partial charge in [0.05, 0.1) is 28.4 Å². The molecule has 0 bridgehead atoms. The van der Waals surface area contributed by atoms with Crippen molar-refractivity contribution in [1.82, 2.24) is 0 Å². The number of hydrogen-bond donors (Lipinski definition) is 1. The first-order valence-corrected chi connectivity index (χ1v) is 14.7. The fourth-order valence-electron chi connectivity index (χ4n) is 7.12. The molecule has 8 nitrogen and oxygen atoms in total. The second kappa shape index (κ2) is 11.7. The first kappa shape index (κ1) is 29.8. The minimum atomic E-state index is -1.74.